The van der Waals surface area contributed by atoms with Crippen molar-refractivity contribution in [3.8, 4) is 0 Å². The average molecular weight is 564 g/mol. The van der Waals surface area contributed by atoms with Gasteiger partial charge < -0.3 is 25.8 Å². The molecule has 1 aromatic rings. The topological polar surface area (TPSA) is 137 Å². The number of nitrogens with two attached hydrogens (primary N) is 1. The Morgan fingerprint density at radius 1 is 1.08 bits per heavy atom. The zero-order valence-corrected chi connectivity index (χ0v) is 25.1. The Bertz CT molecular complexity index is 806. The highest BCUT2D eigenvalue weighted by Crippen LogP contribution is 2.06. The van der Waals surface area contributed by atoms with Crippen LogP contribution in [-0.2, 0) is 35.3 Å². The van der Waals surface area contributed by atoms with Crippen molar-refractivity contribution in [3.05, 3.63) is 35.9 Å². The summed E-state index contributed by atoms with van der Waals surface area (Å²) in [6.45, 7) is 10.9. The number of benzene rings is 1. The van der Waals surface area contributed by atoms with Crippen molar-refractivity contribution in [1.82, 2.24) is 10.6 Å². The quantitative estimate of drug-likeness (QED) is 0.145. The van der Waals surface area contributed by atoms with Crippen LogP contribution in [0.5, 0.6) is 0 Å². The monoisotopic (exact) mass is 563 g/mol. The Morgan fingerprint density at radius 3 is 2.11 bits per heavy atom. The van der Waals surface area contributed by atoms with E-state index in [0.29, 0.717) is 31.9 Å². The fourth-order valence-corrected chi connectivity index (χ4v) is 2.39. The lowest BCUT2D eigenvalue weighted by molar-refractivity contribution is -0.148. The van der Waals surface area contributed by atoms with Gasteiger partial charge in [-0.15, -0.1) is 0 Å². The number of carbonyl (C=O) groups is 2. The van der Waals surface area contributed by atoms with Gasteiger partial charge in [0.2, 0.25) is 5.91 Å². The minimum atomic E-state index is -2.66. The van der Waals surface area contributed by atoms with E-state index in [2.05, 4.69) is 37.1 Å². The van der Waals surface area contributed by atoms with E-state index in [-0.39, 0.29) is 30.4 Å². The molecule has 0 aliphatic heterocycles. The molecule has 1 amide bonds. The van der Waals surface area contributed by atoms with Crippen LogP contribution in [0.4, 0.5) is 0 Å². The summed E-state index contributed by atoms with van der Waals surface area (Å²) < 4.78 is 30.8. The van der Waals surface area contributed by atoms with E-state index in [1.54, 1.807) is 20.8 Å². The molecule has 0 saturated heterocycles. The van der Waals surface area contributed by atoms with E-state index >= 15 is 0 Å². The molecule has 2 atom stereocenters. The predicted octanol–water partition coefficient (Wildman–Crippen LogP) is 2.39. The molecule has 0 fully saturated rings. The van der Waals surface area contributed by atoms with Gasteiger partial charge in [0.25, 0.3) is 0 Å². The number of thiol groups is 1. The summed E-state index contributed by atoms with van der Waals surface area (Å²) in [4.78, 5) is 24.1. The molecule has 1 unspecified atom stereocenters. The number of carbonyl (C=O) groups excluding carboxylic acids is 2. The normalized spacial score (nSPS) is 12.4. The summed E-state index contributed by atoms with van der Waals surface area (Å²) in [5.41, 5.74) is 6.76. The first-order valence-corrected chi connectivity index (χ1v) is 15.5. The average Bonchev–Trinajstić information content (AvgIpc) is 2.86. The lowest BCUT2D eigenvalue weighted by Crippen LogP contribution is -2.42. The number of rotatable bonds is 15. The van der Waals surface area contributed by atoms with Crippen molar-refractivity contribution in [2.24, 2.45) is 5.73 Å². The van der Waals surface area contributed by atoms with Gasteiger partial charge in [0.05, 0.1) is 12.7 Å². The Kier molecular flexibility index (Phi) is 23.8. The molecule has 0 spiro atoms. The van der Waals surface area contributed by atoms with Crippen molar-refractivity contribution < 1.29 is 27.5 Å². The summed E-state index contributed by atoms with van der Waals surface area (Å²) >= 11 is 4.13. The van der Waals surface area contributed by atoms with Gasteiger partial charge in [-0.25, -0.2) is 8.42 Å². The predicted molar refractivity (Wildman–Crippen MR) is 155 cm³/mol. The van der Waals surface area contributed by atoms with E-state index in [9.17, 15) is 18.0 Å². The minimum absolute atomic E-state index is 0.0243. The molecule has 37 heavy (non-hydrogen) atoms. The number of hydrogen-bond acceptors (Lipinski definition) is 9. The summed E-state index contributed by atoms with van der Waals surface area (Å²) in [7, 11) is -2.66. The van der Waals surface area contributed by atoms with Crippen LogP contribution in [0.2, 0.25) is 0 Å². The maximum Gasteiger partial charge on any atom is 0.325 e. The molecule has 0 bridgehead atoms. The SMILES string of the molecule is CC(C)OC(=O)CNC(=O)[C@H](Cc1ccccc1)OCCNCC(N)CS.CCCC.CCS(C)(=O)=O. The lowest BCUT2D eigenvalue weighted by Gasteiger charge is -2.18. The Labute approximate surface area is 230 Å². The molecular formula is C26H49N3O6S2. The number of esters is 1. The molecule has 1 aromatic carbocycles. The molecule has 0 saturated carbocycles. The standard InChI is InChI=1S/C19H31N3O4S.C4H10.C3H8O2S/c1-14(2)26-18(23)12-22-19(24)17(10-15-6-4-3-5-7-15)25-9-8-21-11-16(20)13-27;1-3-4-2;1-3-6(2,4)5/h3-7,14,16-17,21,27H,8-13,20H2,1-2H3,(H,22,24);3-4H2,1-2H3;3H2,1-2H3/t16?,17-;;/m0../s1. The fourth-order valence-electron chi connectivity index (χ4n) is 2.26. The highest BCUT2D eigenvalue weighted by molar-refractivity contribution is 7.90. The highest BCUT2D eigenvalue weighted by atomic mass is 32.2. The van der Waals surface area contributed by atoms with Crippen molar-refractivity contribution in [2.75, 3.05) is 44.0 Å². The first-order valence-electron chi connectivity index (χ1n) is 12.8. The second-order valence-electron chi connectivity index (χ2n) is 8.67. The summed E-state index contributed by atoms with van der Waals surface area (Å²) in [5, 5.41) is 5.75. The molecule has 1 rings (SSSR count). The van der Waals surface area contributed by atoms with Crippen molar-refractivity contribution in [1.29, 1.82) is 0 Å². The zero-order chi connectivity index (χ0) is 28.7. The van der Waals surface area contributed by atoms with Gasteiger partial charge in [0.1, 0.15) is 22.5 Å². The summed E-state index contributed by atoms with van der Waals surface area (Å²) in [5.74, 6) is 0.0256. The molecule has 0 heterocycles. The van der Waals surface area contributed by atoms with Crippen LogP contribution in [-0.4, -0.2) is 82.5 Å². The van der Waals surface area contributed by atoms with Gasteiger partial charge in [-0.05, 0) is 19.4 Å². The minimum Gasteiger partial charge on any atom is -0.462 e. The second kappa shape index (κ2) is 23.5. The van der Waals surface area contributed by atoms with Gasteiger partial charge in [-0.1, -0.05) is 63.9 Å². The van der Waals surface area contributed by atoms with E-state index in [1.165, 1.54) is 19.1 Å². The second-order valence-corrected chi connectivity index (χ2v) is 11.5. The molecule has 0 aliphatic rings. The summed E-state index contributed by atoms with van der Waals surface area (Å²) in [6.07, 6.45) is 3.36. The van der Waals surface area contributed by atoms with Gasteiger partial charge in [-0.2, -0.15) is 12.6 Å². The van der Waals surface area contributed by atoms with Crippen LogP contribution < -0.4 is 16.4 Å². The van der Waals surface area contributed by atoms with Crippen LogP contribution in [0.1, 0.15) is 53.0 Å². The van der Waals surface area contributed by atoms with E-state index < -0.39 is 21.9 Å². The van der Waals surface area contributed by atoms with Crippen LogP contribution >= 0.6 is 12.6 Å². The van der Waals surface area contributed by atoms with Crippen molar-refractivity contribution >= 4 is 34.3 Å². The number of sulfone groups is 1. The molecule has 9 nitrogen and oxygen atoms in total. The van der Waals surface area contributed by atoms with Crippen molar-refractivity contribution in [3.63, 3.8) is 0 Å². The van der Waals surface area contributed by atoms with Crippen LogP contribution in [0.3, 0.4) is 0 Å². The van der Waals surface area contributed by atoms with Gasteiger partial charge >= 0.3 is 5.97 Å². The Hall–Kier alpha value is -1.66. The highest BCUT2D eigenvalue weighted by Gasteiger charge is 2.20. The number of hydrogen-bond donors (Lipinski definition) is 4. The van der Waals surface area contributed by atoms with Gasteiger partial charge in [0.15, 0.2) is 0 Å². The molecular weight excluding hydrogens is 514 g/mol. The van der Waals surface area contributed by atoms with Crippen LogP contribution in [0, 0.1) is 0 Å². The van der Waals surface area contributed by atoms with E-state index in [4.69, 9.17) is 15.2 Å². The lowest BCUT2D eigenvalue weighted by atomic mass is 10.1. The third-order valence-electron chi connectivity index (χ3n) is 4.59. The molecule has 11 heteroatoms. The third-order valence-corrected chi connectivity index (χ3v) is 6.11. The Balaban J connectivity index is 0. The van der Waals surface area contributed by atoms with Gasteiger partial charge in [0, 0.05) is 43.3 Å². The molecule has 0 radical (unpaired) electrons. The van der Waals surface area contributed by atoms with Gasteiger partial charge in [-0.3, -0.25) is 9.59 Å². The fraction of sp³-hybridized carbons (Fsp3) is 0.692. The Morgan fingerprint density at radius 2 is 1.65 bits per heavy atom. The third kappa shape index (κ3) is 25.8. The first-order chi connectivity index (χ1) is 17.4. The molecule has 4 N–H and O–H groups in total. The zero-order valence-electron chi connectivity index (χ0n) is 23.4. The molecule has 0 aromatic heterocycles. The molecule has 216 valence electrons. The number of ether oxygens (including phenoxy) is 2. The van der Waals surface area contributed by atoms with E-state index in [1.807, 2.05) is 30.3 Å². The first kappa shape index (κ1) is 37.5. The largest absolute Gasteiger partial charge is 0.462 e. The summed E-state index contributed by atoms with van der Waals surface area (Å²) in [6, 6.07) is 9.57. The maximum atomic E-state index is 12.5. The van der Waals surface area contributed by atoms with Crippen LogP contribution in [0.15, 0.2) is 30.3 Å². The maximum absolute atomic E-state index is 12.5. The van der Waals surface area contributed by atoms with Crippen LogP contribution in [0.25, 0.3) is 0 Å². The number of unbranched alkanes of at least 4 members (excludes halogenated alkanes) is 1. The molecule has 0 aliphatic carbocycles. The van der Waals surface area contributed by atoms with Crippen molar-refractivity contribution in [2.45, 2.75) is 72.1 Å². The smallest absolute Gasteiger partial charge is 0.325 e. The number of nitrogens with one attached hydrogen (secondary N) is 2. The van der Waals surface area contributed by atoms with E-state index in [0.717, 1.165) is 5.56 Å². The number of amides is 1.